The highest BCUT2D eigenvalue weighted by Crippen LogP contribution is 2.28. The molecule has 1 aliphatic heterocycles. The second-order valence-corrected chi connectivity index (χ2v) is 7.02. The summed E-state index contributed by atoms with van der Waals surface area (Å²) in [4.78, 5) is 17.3. The van der Waals surface area contributed by atoms with Crippen LogP contribution < -0.4 is 10.6 Å². The lowest BCUT2D eigenvalue weighted by Crippen LogP contribution is -2.30. The molecule has 0 saturated carbocycles. The molecule has 0 aliphatic carbocycles. The van der Waals surface area contributed by atoms with Crippen LogP contribution in [-0.2, 0) is 6.42 Å². The highest BCUT2D eigenvalue weighted by atomic mass is 16.1. The van der Waals surface area contributed by atoms with Crippen molar-refractivity contribution in [3.05, 3.63) is 41.1 Å². The number of carbonyl (C=O) groups is 1. The van der Waals surface area contributed by atoms with Crippen molar-refractivity contribution in [3.63, 3.8) is 0 Å². The number of hydrogen-bond donors (Lipinski definition) is 2. The second-order valence-electron chi connectivity index (χ2n) is 7.02. The van der Waals surface area contributed by atoms with E-state index in [9.17, 15) is 4.79 Å². The van der Waals surface area contributed by atoms with Gasteiger partial charge in [-0.3, -0.25) is 9.78 Å². The first kappa shape index (κ1) is 16.9. The molecule has 1 saturated heterocycles. The summed E-state index contributed by atoms with van der Waals surface area (Å²) in [7, 11) is 0. The lowest BCUT2D eigenvalue weighted by molar-refractivity contribution is 0.0949. The maximum Gasteiger partial charge on any atom is 0.253 e. The molecule has 1 aliphatic rings. The van der Waals surface area contributed by atoms with E-state index in [1.54, 1.807) is 0 Å². The van der Waals surface area contributed by atoms with Crippen LogP contribution in [0.15, 0.2) is 24.4 Å². The van der Waals surface area contributed by atoms with Gasteiger partial charge in [0.1, 0.15) is 0 Å². The van der Waals surface area contributed by atoms with Crippen molar-refractivity contribution in [2.45, 2.75) is 39.5 Å². The normalized spacial score (nSPS) is 17.6. The summed E-state index contributed by atoms with van der Waals surface area (Å²) < 4.78 is 0. The largest absolute Gasteiger partial charge is 0.352 e. The minimum Gasteiger partial charge on any atom is -0.352 e. The fourth-order valence-corrected chi connectivity index (χ4v) is 3.44. The van der Waals surface area contributed by atoms with Gasteiger partial charge in [-0.05, 0) is 67.1 Å². The Morgan fingerprint density at radius 1 is 1.42 bits per heavy atom. The Morgan fingerprint density at radius 2 is 2.25 bits per heavy atom. The predicted octanol–water partition coefficient (Wildman–Crippen LogP) is 3.26. The van der Waals surface area contributed by atoms with Gasteiger partial charge in [0.15, 0.2) is 0 Å². The number of carbonyl (C=O) groups excluding carboxylic acids is 1. The summed E-state index contributed by atoms with van der Waals surface area (Å²) in [5.74, 6) is 0.937. The third kappa shape index (κ3) is 3.44. The summed E-state index contributed by atoms with van der Waals surface area (Å²) in [5.41, 5.74) is 3.97. The maximum absolute atomic E-state index is 12.8. The zero-order valence-corrected chi connectivity index (χ0v) is 14.9. The summed E-state index contributed by atoms with van der Waals surface area (Å²) in [6.07, 6.45) is 3.86. The van der Waals surface area contributed by atoms with Gasteiger partial charge in [0, 0.05) is 18.1 Å². The average molecular weight is 325 g/mol. The number of nitrogens with one attached hydrogen (secondary N) is 2. The fourth-order valence-electron chi connectivity index (χ4n) is 3.44. The lowest BCUT2D eigenvalue weighted by atomic mass is 9.94. The molecule has 1 aromatic heterocycles. The van der Waals surface area contributed by atoms with Crippen LogP contribution in [0.3, 0.4) is 0 Å². The third-order valence-electron chi connectivity index (χ3n) is 4.93. The molecule has 0 bridgehead atoms. The zero-order valence-electron chi connectivity index (χ0n) is 14.9. The SMILES string of the molecule is CCc1cc(C(=O)NCC2CCNC2)c2nccc(C(C)C)c2c1. The molecule has 2 N–H and O–H groups in total. The average Bonchev–Trinajstić information content (AvgIpc) is 3.11. The molecule has 0 spiro atoms. The summed E-state index contributed by atoms with van der Waals surface area (Å²) in [6.45, 7) is 9.26. The van der Waals surface area contributed by atoms with Gasteiger partial charge in [-0.25, -0.2) is 0 Å². The Labute approximate surface area is 144 Å². The van der Waals surface area contributed by atoms with Crippen molar-refractivity contribution in [3.8, 4) is 0 Å². The van der Waals surface area contributed by atoms with Crippen molar-refractivity contribution in [1.29, 1.82) is 0 Å². The number of rotatable bonds is 5. The van der Waals surface area contributed by atoms with Crippen LogP contribution in [0.1, 0.15) is 54.6 Å². The zero-order chi connectivity index (χ0) is 17.1. The van der Waals surface area contributed by atoms with E-state index >= 15 is 0 Å². The van der Waals surface area contributed by atoms with E-state index in [2.05, 4.69) is 48.5 Å². The molecule has 4 heteroatoms. The van der Waals surface area contributed by atoms with E-state index in [1.807, 2.05) is 12.3 Å². The first-order valence-corrected chi connectivity index (χ1v) is 9.00. The maximum atomic E-state index is 12.8. The standard InChI is InChI=1S/C20H27N3O/c1-4-14-9-17-16(13(2)3)6-8-22-19(17)18(10-14)20(24)23-12-15-5-7-21-11-15/h6,8-10,13,15,21H,4-5,7,11-12H2,1-3H3,(H,23,24). The molecule has 2 aromatic rings. The molecule has 3 rings (SSSR count). The van der Waals surface area contributed by atoms with Gasteiger partial charge in [-0.2, -0.15) is 0 Å². The Balaban J connectivity index is 1.96. The molecule has 2 heterocycles. The van der Waals surface area contributed by atoms with E-state index in [4.69, 9.17) is 0 Å². The van der Waals surface area contributed by atoms with Crippen LogP contribution in [0.2, 0.25) is 0 Å². The molecule has 0 radical (unpaired) electrons. The minimum atomic E-state index is -0.00407. The molecule has 1 amide bonds. The van der Waals surface area contributed by atoms with Crippen molar-refractivity contribution >= 4 is 16.8 Å². The summed E-state index contributed by atoms with van der Waals surface area (Å²) in [6, 6.07) is 6.26. The van der Waals surface area contributed by atoms with Crippen LogP contribution in [0.25, 0.3) is 10.9 Å². The Kier molecular flexibility index (Phi) is 5.14. The Morgan fingerprint density at radius 3 is 2.92 bits per heavy atom. The predicted molar refractivity (Wildman–Crippen MR) is 98.5 cm³/mol. The van der Waals surface area contributed by atoms with Gasteiger partial charge in [0.05, 0.1) is 11.1 Å². The van der Waals surface area contributed by atoms with Crippen molar-refractivity contribution in [2.75, 3.05) is 19.6 Å². The number of pyridine rings is 1. The molecular weight excluding hydrogens is 298 g/mol. The summed E-state index contributed by atoms with van der Waals surface area (Å²) >= 11 is 0. The van der Waals surface area contributed by atoms with Crippen LogP contribution in [-0.4, -0.2) is 30.5 Å². The van der Waals surface area contributed by atoms with Gasteiger partial charge in [-0.1, -0.05) is 20.8 Å². The number of aromatic nitrogens is 1. The summed E-state index contributed by atoms with van der Waals surface area (Å²) in [5, 5.41) is 7.56. The first-order chi connectivity index (χ1) is 11.6. The third-order valence-corrected chi connectivity index (χ3v) is 4.93. The van der Waals surface area contributed by atoms with Crippen LogP contribution in [0.5, 0.6) is 0 Å². The Hall–Kier alpha value is -1.94. The molecule has 1 atom stereocenters. The molecule has 4 nitrogen and oxygen atoms in total. The number of nitrogens with zero attached hydrogens (tertiary/aromatic N) is 1. The van der Waals surface area contributed by atoms with E-state index in [-0.39, 0.29) is 5.91 Å². The quantitative estimate of drug-likeness (QED) is 0.887. The number of benzene rings is 1. The molecule has 1 aromatic carbocycles. The van der Waals surface area contributed by atoms with Crippen molar-refractivity contribution in [1.82, 2.24) is 15.6 Å². The Bertz CT molecular complexity index is 733. The molecule has 24 heavy (non-hydrogen) atoms. The van der Waals surface area contributed by atoms with Crippen LogP contribution in [0, 0.1) is 5.92 Å². The molecule has 1 fully saturated rings. The van der Waals surface area contributed by atoms with Crippen molar-refractivity contribution in [2.24, 2.45) is 5.92 Å². The van der Waals surface area contributed by atoms with E-state index in [0.29, 0.717) is 17.4 Å². The van der Waals surface area contributed by atoms with E-state index in [1.165, 1.54) is 11.1 Å². The first-order valence-electron chi connectivity index (χ1n) is 9.00. The van der Waals surface area contributed by atoms with Gasteiger partial charge >= 0.3 is 0 Å². The highest BCUT2D eigenvalue weighted by molar-refractivity contribution is 6.06. The van der Waals surface area contributed by atoms with Gasteiger partial charge in [0.2, 0.25) is 0 Å². The van der Waals surface area contributed by atoms with E-state index < -0.39 is 0 Å². The van der Waals surface area contributed by atoms with Gasteiger partial charge in [0.25, 0.3) is 5.91 Å². The van der Waals surface area contributed by atoms with Gasteiger partial charge in [-0.15, -0.1) is 0 Å². The molecule has 128 valence electrons. The number of hydrogen-bond acceptors (Lipinski definition) is 3. The number of amides is 1. The lowest BCUT2D eigenvalue weighted by Gasteiger charge is -2.15. The van der Waals surface area contributed by atoms with E-state index in [0.717, 1.165) is 43.4 Å². The topological polar surface area (TPSA) is 54.0 Å². The van der Waals surface area contributed by atoms with Crippen LogP contribution in [0.4, 0.5) is 0 Å². The fraction of sp³-hybridized carbons (Fsp3) is 0.500. The smallest absolute Gasteiger partial charge is 0.253 e. The van der Waals surface area contributed by atoms with Crippen molar-refractivity contribution < 1.29 is 4.79 Å². The number of aryl methyl sites for hydroxylation is 1. The van der Waals surface area contributed by atoms with Gasteiger partial charge < -0.3 is 10.6 Å². The minimum absolute atomic E-state index is 0.00407. The monoisotopic (exact) mass is 325 g/mol. The highest BCUT2D eigenvalue weighted by Gasteiger charge is 2.19. The van der Waals surface area contributed by atoms with Crippen LogP contribution >= 0.6 is 0 Å². The number of fused-ring (bicyclic) bond motifs is 1. The second kappa shape index (κ2) is 7.31. The molecule has 1 unspecified atom stereocenters. The molecular formula is C20H27N3O.